The maximum absolute atomic E-state index is 11.0. The van der Waals surface area contributed by atoms with E-state index < -0.39 is 0 Å². The van der Waals surface area contributed by atoms with Crippen LogP contribution in [0.1, 0.15) is 121 Å². The fourth-order valence-corrected chi connectivity index (χ4v) is 4.67. The van der Waals surface area contributed by atoms with Gasteiger partial charge in [0.15, 0.2) is 0 Å². The molecule has 3 rings (SSSR count). The molecule has 7 nitrogen and oxygen atoms in total. The van der Waals surface area contributed by atoms with Gasteiger partial charge in [0.05, 0.1) is 32.0 Å². The normalized spacial score (nSPS) is 10.6. The molecule has 52 heavy (non-hydrogen) atoms. The molecule has 0 amide bonds. The van der Waals surface area contributed by atoms with Crippen molar-refractivity contribution in [3.05, 3.63) is 91.0 Å². The zero-order chi connectivity index (χ0) is 35.1. The molecule has 0 aliphatic heterocycles. The lowest BCUT2D eigenvalue weighted by Crippen LogP contribution is -2.17. The molecular weight excluding hydrogens is 652 g/mol. The monoisotopic (exact) mass is 729 g/mol. The van der Waals surface area contributed by atoms with Crippen molar-refractivity contribution < 1.29 is 33.3 Å². The van der Waals surface area contributed by atoms with Gasteiger partial charge in [-0.1, -0.05) is 117 Å². The Morgan fingerprint density at radius 2 is 0.827 bits per heavy atom. The molecule has 7 heteroatoms. The number of unbranched alkanes of at least 4 members (excludes halogenated alkanes) is 5. The summed E-state index contributed by atoms with van der Waals surface area (Å²) in [6.45, 7) is 7.54. The van der Waals surface area contributed by atoms with Gasteiger partial charge >= 0.3 is 0 Å². The molecule has 3 aromatic carbocycles. The summed E-state index contributed by atoms with van der Waals surface area (Å²) in [5.74, 6) is 3.07. The maximum atomic E-state index is 11.0. The van der Waals surface area contributed by atoms with E-state index in [1.807, 2.05) is 91.0 Å². The first-order valence-electron chi connectivity index (χ1n) is 17.5. The Morgan fingerprint density at radius 3 is 1.19 bits per heavy atom. The molecule has 0 bridgehead atoms. The molecule has 2 atom stereocenters. The molecule has 0 aliphatic carbocycles. The Kier molecular flexibility index (Phi) is 40.8. The number of ether oxygens (including phenoxy) is 5. The zero-order valence-electron chi connectivity index (χ0n) is 30.1. The third-order valence-electron chi connectivity index (χ3n) is 7.34. The molecule has 0 N–H and O–H groups in total. The number of methoxy groups -OCH3 is 2. The predicted octanol–water partition coefficient (Wildman–Crippen LogP) is 12.3. The van der Waals surface area contributed by atoms with E-state index >= 15 is 0 Å². The average Bonchev–Trinajstić information content (AvgIpc) is 3.10. The molecule has 0 fully saturated rings. The fraction of sp³-hybridized carbons (Fsp3) is 0.556. The number of rotatable bonds is 23. The van der Waals surface area contributed by atoms with E-state index in [2.05, 4.69) is 6.92 Å². The van der Waals surface area contributed by atoms with Crippen LogP contribution in [-0.2, 0) is 19.1 Å². The summed E-state index contributed by atoms with van der Waals surface area (Å²) in [4.78, 5) is 21.9. The SMILES string of the molecule is C.C.C.C.CCCCCCCOc1ccccc1.COC(CCCCOc1ccccc1)CC(C)=O.COC(CCOc1ccccc1)CC(C)=O. The summed E-state index contributed by atoms with van der Waals surface area (Å²) < 4.78 is 27.2. The van der Waals surface area contributed by atoms with Crippen molar-refractivity contribution in [2.45, 2.75) is 133 Å². The number of Topliss-reactive ketones (excluding diaryl/α,β-unsaturated/α-hetero) is 2. The fourth-order valence-electron chi connectivity index (χ4n) is 4.67. The van der Waals surface area contributed by atoms with Crippen molar-refractivity contribution in [1.82, 2.24) is 0 Å². The Balaban J connectivity index is -0.000000322. The van der Waals surface area contributed by atoms with Gasteiger partial charge in [-0.05, 0) is 75.9 Å². The number of ketones is 2. The van der Waals surface area contributed by atoms with Crippen LogP contribution in [0.4, 0.5) is 0 Å². The summed E-state index contributed by atoms with van der Waals surface area (Å²) >= 11 is 0. The van der Waals surface area contributed by atoms with Crippen LogP contribution < -0.4 is 14.2 Å². The molecule has 0 radical (unpaired) electrons. The lowest BCUT2D eigenvalue weighted by molar-refractivity contribution is -0.120. The van der Waals surface area contributed by atoms with E-state index in [1.54, 1.807) is 28.1 Å². The van der Waals surface area contributed by atoms with Crippen molar-refractivity contribution in [1.29, 1.82) is 0 Å². The van der Waals surface area contributed by atoms with Gasteiger partial charge in [-0.2, -0.15) is 0 Å². The highest BCUT2D eigenvalue weighted by atomic mass is 16.5. The lowest BCUT2D eigenvalue weighted by Gasteiger charge is -2.14. The van der Waals surface area contributed by atoms with E-state index in [0.29, 0.717) is 26.1 Å². The summed E-state index contributed by atoms with van der Waals surface area (Å²) in [7, 11) is 3.28. The molecule has 3 aromatic rings. The van der Waals surface area contributed by atoms with Crippen LogP contribution in [0.3, 0.4) is 0 Å². The third kappa shape index (κ3) is 32.2. The number of para-hydroxylation sites is 3. The first-order chi connectivity index (χ1) is 23.4. The van der Waals surface area contributed by atoms with Crippen LogP contribution in [-0.4, -0.2) is 57.8 Å². The van der Waals surface area contributed by atoms with Gasteiger partial charge in [-0.3, -0.25) is 9.59 Å². The summed E-state index contributed by atoms with van der Waals surface area (Å²) in [6, 6.07) is 29.5. The van der Waals surface area contributed by atoms with E-state index in [4.69, 9.17) is 23.7 Å². The predicted molar refractivity (Wildman–Crippen MR) is 222 cm³/mol. The third-order valence-corrected chi connectivity index (χ3v) is 7.34. The van der Waals surface area contributed by atoms with Crippen LogP contribution >= 0.6 is 0 Å². The van der Waals surface area contributed by atoms with Crippen LogP contribution in [0.25, 0.3) is 0 Å². The van der Waals surface area contributed by atoms with Gasteiger partial charge in [-0.15, -0.1) is 0 Å². The van der Waals surface area contributed by atoms with Crippen molar-refractivity contribution in [3.63, 3.8) is 0 Å². The van der Waals surface area contributed by atoms with Crippen molar-refractivity contribution in [3.8, 4) is 17.2 Å². The van der Waals surface area contributed by atoms with E-state index in [0.717, 1.165) is 49.5 Å². The highest BCUT2D eigenvalue weighted by Crippen LogP contribution is 2.13. The zero-order valence-corrected chi connectivity index (χ0v) is 30.1. The van der Waals surface area contributed by atoms with Crippen LogP contribution in [0.5, 0.6) is 17.2 Å². The smallest absolute Gasteiger partial charge is 0.132 e. The second-order valence-corrected chi connectivity index (χ2v) is 11.7. The van der Waals surface area contributed by atoms with E-state index in [-0.39, 0.29) is 53.5 Å². The number of benzene rings is 3. The maximum Gasteiger partial charge on any atom is 0.132 e. The van der Waals surface area contributed by atoms with E-state index in [1.165, 1.54) is 32.1 Å². The lowest BCUT2D eigenvalue weighted by atomic mass is 10.1. The number of hydrogen-bond acceptors (Lipinski definition) is 7. The summed E-state index contributed by atoms with van der Waals surface area (Å²) in [6.07, 6.45) is 11.1. The Hall–Kier alpha value is -3.68. The molecular formula is C45H76O7. The standard InChI is InChI=1S/C15H22O3.C13H18O3.C13H20O.4CH4/c1-13(16)12-15(17-2)10-6-7-11-18-14-8-4-3-5-9-14;1-11(14)10-13(15-2)8-9-16-12-6-4-3-5-7-12;1-2-3-4-5-9-12-14-13-10-7-6-8-11-13;;;;/h3-5,8-9,15H,6-7,10-12H2,1-2H3;3-7,13H,8-10H2,1-2H3;6-8,10-11H,2-5,9,12H2,1H3;4*1H4. The average molecular weight is 729 g/mol. The molecule has 0 heterocycles. The van der Waals surface area contributed by atoms with Gasteiger partial charge in [-0.25, -0.2) is 0 Å². The van der Waals surface area contributed by atoms with Crippen LogP contribution in [0.15, 0.2) is 91.0 Å². The molecule has 2 unspecified atom stereocenters. The van der Waals surface area contributed by atoms with Gasteiger partial charge < -0.3 is 23.7 Å². The van der Waals surface area contributed by atoms with Crippen LogP contribution in [0.2, 0.25) is 0 Å². The van der Waals surface area contributed by atoms with Gasteiger partial charge in [0, 0.05) is 33.5 Å². The molecule has 0 saturated carbocycles. The first-order valence-corrected chi connectivity index (χ1v) is 17.5. The quantitative estimate of drug-likeness (QED) is 0.0899. The Bertz CT molecular complexity index is 1160. The summed E-state index contributed by atoms with van der Waals surface area (Å²) in [5.41, 5.74) is 0. The van der Waals surface area contributed by atoms with Crippen molar-refractivity contribution in [2.24, 2.45) is 0 Å². The second kappa shape index (κ2) is 38.5. The molecule has 0 aliphatic rings. The number of hydrogen-bond donors (Lipinski definition) is 0. The molecule has 0 spiro atoms. The Morgan fingerprint density at radius 1 is 0.481 bits per heavy atom. The largest absolute Gasteiger partial charge is 0.494 e. The number of carbonyl (C=O) groups excluding carboxylic acids is 2. The molecule has 298 valence electrons. The number of carbonyl (C=O) groups is 2. The Labute approximate surface area is 319 Å². The molecule has 0 saturated heterocycles. The van der Waals surface area contributed by atoms with Gasteiger partial charge in [0.2, 0.25) is 0 Å². The minimum Gasteiger partial charge on any atom is -0.494 e. The highest BCUT2D eigenvalue weighted by Gasteiger charge is 2.10. The van der Waals surface area contributed by atoms with Gasteiger partial charge in [0.25, 0.3) is 0 Å². The van der Waals surface area contributed by atoms with Crippen LogP contribution in [0, 0.1) is 0 Å². The van der Waals surface area contributed by atoms with Crippen molar-refractivity contribution >= 4 is 11.6 Å². The topological polar surface area (TPSA) is 80.3 Å². The highest BCUT2D eigenvalue weighted by molar-refractivity contribution is 5.76. The second-order valence-electron chi connectivity index (χ2n) is 11.7. The van der Waals surface area contributed by atoms with Gasteiger partial charge in [0.1, 0.15) is 28.8 Å². The first kappa shape index (κ1) is 55.1. The summed E-state index contributed by atoms with van der Waals surface area (Å²) in [5, 5.41) is 0. The minimum atomic E-state index is -0.0405. The van der Waals surface area contributed by atoms with E-state index in [9.17, 15) is 9.59 Å². The minimum absolute atomic E-state index is 0. The molecule has 0 aromatic heterocycles. The van der Waals surface area contributed by atoms with Crippen molar-refractivity contribution in [2.75, 3.05) is 34.0 Å².